The highest BCUT2D eigenvalue weighted by Gasteiger charge is 2.26. The number of nitrogens with zero attached hydrogens (tertiary/aromatic N) is 1. The molecule has 1 aromatic heterocycles. The Morgan fingerprint density at radius 3 is 1.90 bits per heavy atom. The Labute approximate surface area is 125 Å². The van der Waals surface area contributed by atoms with Gasteiger partial charge < -0.3 is 10.3 Å². The number of hydrogen-bond donors (Lipinski definition) is 1. The minimum absolute atomic E-state index is 0.203. The lowest BCUT2D eigenvalue weighted by Gasteiger charge is -2.33. The van der Waals surface area contributed by atoms with Gasteiger partial charge in [-0.05, 0) is 31.9 Å². The largest absolute Gasteiger partial charge is 0.385 e. The maximum Gasteiger partial charge on any atom is 0.103 e. The van der Waals surface area contributed by atoms with Crippen molar-refractivity contribution >= 4 is 5.82 Å². The van der Waals surface area contributed by atoms with Crippen molar-refractivity contribution in [1.82, 2.24) is 4.57 Å². The van der Waals surface area contributed by atoms with Gasteiger partial charge in [0.1, 0.15) is 5.82 Å². The summed E-state index contributed by atoms with van der Waals surface area (Å²) in [6.07, 6.45) is 15.3. The van der Waals surface area contributed by atoms with Gasteiger partial charge in [-0.15, -0.1) is 0 Å². The smallest absolute Gasteiger partial charge is 0.103 e. The van der Waals surface area contributed by atoms with Crippen LogP contribution < -0.4 is 5.73 Å². The van der Waals surface area contributed by atoms with Crippen molar-refractivity contribution in [2.45, 2.75) is 90.5 Å². The van der Waals surface area contributed by atoms with Crippen molar-refractivity contribution in [1.29, 1.82) is 0 Å². The summed E-state index contributed by atoms with van der Waals surface area (Å²) in [6.45, 7) is 6.93. The molecule has 1 aromatic rings. The highest BCUT2D eigenvalue weighted by atomic mass is 15.1. The van der Waals surface area contributed by atoms with E-state index in [0.29, 0.717) is 0 Å². The number of hydrogen-bond acceptors (Lipinski definition) is 1. The van der Waals surface area contributed by atoms with E-state index in [0.717, 1.165) is 5.82 Å². The third kappa shape index (κ3) is 5.22. The average Bonchev–Trinajstić information content (AvgIpc) is 2.87. The first-order valence-corrected chi connectivity index (χ1v) is 8.57. The number of nitrogen functional groups attached to an aromatic ring is 1. The predicted octanol–water partition coefficient (Wildman–Crippen LogP) is 5.73. The third-order valence-electron chi connectivity index (χ3n) is 4.50. The van der Waals surface area contributed by atoms with E-state index in [4.69, 9.17) is 5.73 Å². The van der Waals surface area contributed by atoms with Crippen molar-refractivity contribution in [3.63, 3.8) is 0 Å². The second kappa shape index (κ2) is 9.10. The summed E-state index contributed by atoms with van der Waals surface area (Å²) in [7, 11) is 0. The normalized spacial score (nSPS) is 11.9. The molecule has 2 N–H and O–H groups in total. The lowest BCUT2D eigenvalue weighted by atomic mass is 9.87. The number of unbranched alkanes of at least 4 members (excludes halogenated alkanes) is 6. The quantitative estimate of drug-likeness (QED) is 0.515. The molecule has 1 rings (SSSR count). The highest BCUT2D eigenvalue weighted by Crippen LogP contribution is 2.32. The van der Waals surface area contributed by atoms with Crippen LogP contribution in [-0.4, -0.2) is 4.57 Å². The van der Waals surface area contributed by atoms with Crippen LogP contribution in [-0.2, 0) is 5.54 Å². The number of anilines is 1. The summed E-state index contributed by atoms with van der Waals surface area (Å²) in [5.41, 5.74) is 6.35. The van der Waals surface area contributed by atoms with E-state index < -0.39 is 0 Å². The molecule has 0 aliphatic heterocycles. The fraction of sp³-hybridized carbons (Fsp3) is 0.778. The second-order valence-corrected chi connectivity index (χ2v) is 6.42. The summed E-state index contributed by atoms with van der Waals surface area (Å²) >= 11 is 0. The molecule has 0 radical (unpaired) electrons. The fourth-order valence-corrected chi connectivity index (χ4v) is 3.12. The van der Waals surface area contributed by atoms with Crippen LogP contribution in [0.5, 0.6) is 0 Å². The molecule has 1 heterocycles. The topological polar surface area (TPSA) is 30.9 Å². The molecule has 0 aliphatic rings. The monoisotopic (exact) mass is 278 g/mol. The van der Waals surface area contributed by atoms with Crippen molar-refractivity contribution < 1.29 is 0 Å². The maximum atomic E-state index is 6.15. The number of nitrogens with two attached hydrogens (primary N) is 1. The molecule has 2 nitrogen and oxygen atoms in total. The third-order valence-corrected chi connectivity index (χ3v) is 4.50. The van der Waals surface area contributed by atoms with Crippen LogP contribution >= 0.6 is 0 Å². The van der Waals surface area contributed by atoms with E-state index in [-0.39, 0.29) is 5.54 Å². The molecule has 0 atom stereocenters. The Kier molecular flexibility index (Phi) is 7.79. The molecule has 0 bridgehead atoms. The lowest BCUT2D eigenvalue weighted by Crippen LogP contribution is -2.30. The van der Waals surface area contributed by atoms with Gasteiger partial charge in [0, 0.05) is 11.7 Å². The Morgan fingerprint density at radius 2 is 1.50 bits per heavy atom. The zero-order valence-electron chi connectivity index (χ0n) is 13.8. The van der Waals surface area contributed by atoms with Gasteiger partial charge in [-0.2, -0.15) is 0 Å². The lowest BCUT2D eigenvalue weighted by molar-refractivity contribution is 0.255. The van der Waals surface area contributed by atoms with Crippen molar-refractivity contribution in [2.24, 2.45) is 0 Å². The molecule has 116 valence electrons. The molecule has 0 amide bonds. The molecule has 0 spiro atoms. The minimum atomic E-state index is 0.203. The summed E-state index contributed by atoms with van der Waals surface area (Å²) in [6, 6.07) is 4.10. The SMILES string of the molecule is CCCCCCC(C)(CCCCCC)n1cccc1N. The Balaban J connectivity index is 2.60. The van der Waals surface area contributed by atoms with Crippen molar-refractivity contribution in [3.8, 4) is 0 Å². The van der Waals surface area contributed by atoms with Crippen molar-refractivity contribution in [3.05, 3.63) is 18.3 Å². The molecule has 2 heteroatoms. The molecule has 0 aromatic carbocycles. The summed E-state index contributed by atoms with van der Waals surface area (Å²) in [4.78, 5) is 0. The van der Waals surface area contributed by atoms with E-state index in [2.05, 4.69) is 37.6 Å². The molecular weight excluding hydrogens is 244 g/mol. The van der Waals surface area contributed by atoms with Crippen LogP contribution in [0.4, 0.5) is 5.82 Å². The molecule has 0 saturated heterocycles. The first-order valence-electron chi connectivity index (χ1n) is 8.57. The van der Waals surface area contributed by atoms with Gasteiger partial charge >= 0.3 is 0 Å². The highest BCUT2D eigenvalue weighted by molar-refractivity contribution is 5.31. The summed E-state index contributed by atoms with van der Waals surface area (Å²) in [5, 5.41) is 0. The zero-order valence-corrected chi connectivity index (χ0v) is 13.8. The maximum absolute atomic E-state index is 6.15. The standard InChI is InChI=1S/C18H34N2/c1-4-6-8-10-14-18(3,15-11-9-7-5-2)20-16-12-13-17(20)19/h12-13,16H,4-11,14-15,19H2,1-3H3. The van der Waals surface area contributed by atoms with Crippen LogP contribution in [0, 0.1) is 0 Å². The van der Waals surface area contributed by atoms with Crippen LogP contribution in [0.25, 0.3) is 0 Å². The molecule has 20 heavy (non-hydrogen) atoms. The van der Waals surface area contributed by atoms with Gasteiger partial charge in [0.25, 0.3) is 0 Å². The molecule has 0 fully saturated rings. The predicted molar refractivity (Wildman–Crippen MR) is 90.0 cm³/mol. The van der Waals surface area contributed by atoms with E-state index >= 15 is 0 Å². The Hall–Kier alpha value is -0.920. The van der Waals surface area contributed by atoms with Crippen LogP contribution in [0.1, 0.15) is 85.0 Å². The van der Waals surface area contributed by atoms with Gasteiger partial charge in [0.05, 0.1) is 0 Å². The van der Waals surface area contributed by atoms with Gasteiger partial charge in [0.2, 0.25) is 0 Å². The molecule has 0 aliphatic carbocycles. The first kappa shape index (κ1) is 17.1. The minimum Gasteiger partial charge on any atom is -0.385 e. The first-order chi connectivity index (χ1) is 9.64. The molecule has 0 saturated carbocycles. The zero-order chi connectivity index (χ0) is 14.8. The van der Waals surface area contributed by atoms with Gasteiger partial charge in [-0.25, -0.2) is 0 Å². The Bertz CT molecular complexity index is 342. The average molecular weight is 278 g/mol. The van der Waals surface area contributed by atoms with Gasteiger partial charge in [-0.3, -0.25) is 0 Å². The van der Waals surface area contributed by atoms with Gasteiger partial charge in [-0.1, -0.05) is 65.2 Å². The van der Waals surface area contributed by atoms with Crippen LogP contribution in [0.3, 0.4) is 0 Å². The molecule has 0 unspecified atom stereocenters. The number of rotatable bonds is 11. The number of aromatic nitrogens is 1. The molecular formula is C18H34N2. The summed E-state index contributed by atoms with van der Waals surface area (Å²) in [5.74, 6) is 0.915. The van der Waals surface area contributed by atoms with Crippen molar-refractivity contribution in [2.75, 3.05) is 5.73 Å². The van der Waals surface area contributed by atoms with E-state index in [1.165, 1.54) is 64.2 Å². The van der Waals surface area contributed by atoms with Crippen LogP contribution in [0.15, 0.2) is 18.3 Å². The fourth-order valence-electron chi connectivity index (χ4n) is 3.12. The van der Waals surface area contributed by atoms with E-state index in [1.807, 2.05) is 6.07 Å². The van der Waals surface area contributed by atoms with Crippen LogP contribution in [0.2, 0.25) is 0 Å². The van der Waals surface area contributed by atoms with E-state index in [1.54, 1.807) is 0 Å². The summed E-state index contributed by atoms with van der Waals surface area (Å²) < 4.78 is 2.31. The Morgan fingerprint density at radius 1 is 0.950 bits per heavy atom. The van der Waals surface area contributed by atoms with Gasteiger partial charge in [0.15, 0.2) is 0 Å². The van der Waals surface area contributed by atoms with E-state index in [9.17, 15) is 0 Å². The second-order valence-electron chi connectivity index (χ2n) is 6.42.